The highest BCUT2D eigenvalue weighted by molar-refractivity contribution is 5.94. The quantitative estimate of drug-likeness (QED) is 0.414. The molecule has 3 nitrogen and oxygen atoms in total. The van der Waals surface area contributed by atoms with Crippen molar-refractivity contribution in [2.24, 2.45) is 0 Å². The number of hydrogen-bond donors (Lipinski definition) is 0. The van der Waals surface area contributed by atoms with Gasteiger partial charge in [0.15, 0.2) is 0 Å². The highest BCUT2D eigenvalue weighted by Crippen LogP contribution is 1.86. The van der Waals surface area contributed by atoms with Crippen LogP contribution >= 0.6 is 0 Å². The van der Waals surface area contributed by atoms with Gasteiger partial charge >= 0.3 is 5.97 Å². The summed E-state index contributed by atoms with van der Waals surface area (Å²) in [6.45, 7) is 1.60. The van der Waals surface area contributed by atoms with Crippen LogP contribution in [0.5, 0.6) is 0 Å². The van der Waals surface area contributed by atoms with E-state index >= 15 is 0 Å². The van der Waals surface area contributed by atoms with Crippen LogP contribution < -0.4 is 0 Å². The van der Waals surface area contributed by atoms with Crippen LogP contribution in [-0.4, -0.2) is 18.4 Å². The summed E-state index contributed by atoms with van der Waals surface area (Å²) < 4.78 is 11.0. The molecule has 0 aromatic heterocycles. The molecule has 9 heavy (non-hydrogen) atoms. The van der Waals surface area contributed by atoms with Crippen molar-refractivity contribution in [3.63, 3.8) is 0 Å². The molecular formula is C6H10O3. The van der Waals surface area contributed by atoms with E-state index in [-0.39, 0.29) is 19.9 Å². The van der Waals surface area contributed by atoms with E-state index in [9.17, 15) is 9.59 Å². The lowest BCUT2D eigenvalue weighted by molar-refractivity contribution is -0.145. The van der Waals surface area contributed by atoms with E-state index < -0.39 is 11.8 Å². The van der Waals surface area contributed by atoms with E-state index in [0.717, 1.165) is 0 Å². The van der Waals surface area contributed by atoms with Crippen LogP contribution in [0.4, 0.5) is 0 Å². The Balaban J connectivity index is 3.47. The SMILES string of the molecule is [2H]CC(=O)CC(=O)OCC. The highest BCUT2D eigenvalue weighted by atomic mass is 16.5. The van der Waals surface area contributed by atoms with Gasteiger partial charge in [-0.2, -0.15) is 0 Å². The summed E-state index contributed by atoms with van der Waals surface area (Å²) in [4.78, 5) is 20.9. The maximum atomic E-state index is 10.5. The van der Waals surface area contributed by atoms with Gasteiger partial charge in [0.05, 0.1) is 6.61 Å². The van der Waals surface area contributed by atoms with E-state index in [0.29, 0.717) is 0 Å². The Labute approximate surface area is 55.4 Å². The Morgan fingerprint density at radius 1 is 1.67 bits per heavy atom. The average Bonchev–Trinajstić information content (AvgIpc) is 1.88. The van der Waals surface area contributed by atoms with Crippen molar-refractivity contribution in [1.29, 1.82) is 0 Å². The smallest absolute Gasteiger partial charge is 0.313 e. The molecule has 0 aromatic rings. The second-order valence-corrected chi connectivity index (χ2v) is 1.52. The third kappa shape index (κ3) is 5.00. The fourth-order valence-corrected chi connectivity index (χ4v) is 0.373. The predicted molar refractivity (Wildman–Crippen MR) is 31.9 cm³/mol. The summed E-state index contributed by atoms with van der Waals surface area (Å²) in [6.07, 6.45) is -0.267. The molecule has 0 aliphatic carbocycles. The van der Waals surface area contributed by atoms with Crippen LogP contribution in [0.3, 0.4) is 0 Å². The summed E-state index contributed by atoms with van der Waals surface area (Å²) in [7, 11) is 0. The Morgan fingerprint density at radius 2 is 2.33 bits per heavy atom. The van der Waals surface area contributed by atoms with Crippen LogP contribution in [0.2, 0.25) is 0 Å². The minimum Gasteiger partial charge on any atom is -0.466 e. The van der Waals surface area contributed by atoms with Crippen LogP contribution in [0.1, 0.15) is 21.6 Å². The average molecular weight is 131 g/mol. The molecule has 0 atom stereocenters. The van der Waals surface area contributed by atoms with Gasteiger partial charge in [0, 0.05) is 1.37 Å². The number of rotatable bonds is 3. The van der Waals surface area contributed by atoms with Gasteiger partial charge in [0.1, 0.15) is 12.2 Å². The normalized spacial score (nSPS) is 10.1. The molecule has 0 saturated heterocycles. The van der Waals surface area contributed by atoms with Gasteiger partial charge in [0.2, 0.25) is 0 Å². The first kappa shape index (κ1) is 6.26. The second kappa shape index (κ2) is 4.06. The van der Waals surface area contributed by atoms with E-state index in [1.54, 1.807) is 6.92 Å². The second-order valence-electron chi connectivity index (χ2n) is 1.52. The van der Waals surface area contributed by atoms with Crippen molar-refractivity contribution in [3.05, 3.63) is 0 Å². The molecule has 0 saturated carbocycles. The highest BCUT2D eigenvalue weighted by Gasteiger charge is 2.03. The molecule has 0 amide bonds. The Hall–Kier alpha value is -0.860. The first-order chi connectivity index (χ1) is 4.70. The third-order valence-electron chi connectivity index (χ3n) is 0.647. The number of ether oxygens (including phenoxy) is 1. The zero-order valence-electron chi connectivity index (χ0n) is 6.35. The minimum atomic E-state index is -0.542. The number of Topliss-reactive ketones (excluding diaryl/α,β-unsaturated/α-hetero) is 1. The number of carbonyl (C=O) groups excluding carboxylic acids is 2. The summed E-state index contributed by atoms with van der Waals surface area (Å²) in [5.74, 6) is -0.946. The van der Waals surface area contributed by atoms with Gasteiger partial charge < -0.3 is 4.74 Å². The lowest BCUT2D eigenvalue weighted by Crippen LogP contribution is -2.07. The molecule has 0 spiro atoms. The molecule has 0 bridgehead atoms. The van der Waals surface area contributed by atoms with Crippen molar-refractivity contribution in [1.82, 2.24) is 0 Å². The zero-order valence-corrected chi connectivity index (χ0v) is 5.35. The van der Waals surface area contributed by atoms with Gasteiger partial charge in [-0.15, -0.1) is 0 Å². The maximum Gasteiger partial charge on any atom is 0.313 e. The van der Waals surface area contributed by atoms with E-state index in [4.69, 9.17) is 1.37 Å². The largest absolute Gasteiger partial charge is 0.466 e. The zero-order chi connectivity index (χ0) is 7.98. The number of esters is 1. The summed E-state index contributed by atoms with van der Waals surface area (Å²) >= 11 is 0. The van der Waals surface area contributed by atoms with Gasteiger partial charge in [-0.25, -0.2) is 0 Å². The van der Waals surface area contributed by atoms with Gasteiger partial charge in [-0.1, -0.05) is 0 Å². The monoisotopic (exact) mass is 131 g/mol. The van der Waals surface area contributed by atoms with Crippen LogP contribution in [-0.2, 0) is 14.3 Å². The van der Waals surface area contributed by atoms with Crippen molar-refractivity contribution in [2.75, 3.05) is 6.61 Å². The number of ketones is 1. The van der Waals surface area contributed by atoms with Crippen LogP contribution in [0, 0.1) is 0 Å². The standard InChI is InChI=1S/C6H10O3/c1-3-9-6(8)4-5(2)7/h3-4H2,1-2H3/i2D. The fraction of sp³-hybridized carbons (Fsp3) is 0.667. The summed E-state index contributed by atoms with van der Waals surface area (Å²) in [5.41, 5.74) is 0. The molecule has 3 heteroatoms. The molecule has 0 fully saturated rings. The first-order valence-corrected chi connectivity index (χ1v) is 2.67. The number of hydrogen-bond acceptors (Lipinski definition) is 3. The van der Waals surface area contributed by atoms with Gasteiger partial charge in [0.25, 0.3) is 0 Å². The first-order valence-electron chi connectivity index (χ1n) is 3.38. The molecule has 0 N–H and O–H groups in total. The fourth-order valence-electron chi connectivity index (χ4n) is 0.373. The predicted octanol–water partition coefficient (Wildman–Crippen LogP) is 0.529. The topological polar surface area (TPSA) is 43.4 Å². The van der Waals surface area contributed by atoms with Crippen molar-refractivity contribution < 1.29 is 15.7 Å². The van der Waals surface area contributed by atoms with E-state index in [1.807, 2.05) is 0 Å². The molecule has 52 valence electrons. The van der Waals surface area contributed by atoms with Crippen LogP contribution in [0.15, 0.2) is 0 Å². The van der Waals surface area contributed by atoms with Crippen molar-refractivity contribution in [3.8, 4) is 0 Å². The van der Waals surface area contributed by atoms with Crippen molar-refractivity contribution >= 4 is 11.8 Å². The van der Waals surface area contributed by atoms with Crippen molar-refractivity contribution in [2.45, 2.75) is 20.2 Å². The molecular weight excluding hydrogens is 120 g/mol. The lowest BCUT2D eigenvalue weighted by atomic mass is 10.3. The Bertz CT molecular complexity index is 133. The van der Waals surface area contributed by atoms with Crippen LogP contribution in [0.25, 0.3) is 0 Å². The summed E-state index contributed by atoms with van der Waals surface area (Å²) in [6, 6.07) is 0. The Kier molecular flexibility index (Phi) is 2.83. The Morgan fingerprint density at radius 3 is 2.78 bits per heavy atom. The molecule has 0 heterocycles. The maximum absolute atomic E-state index is 10.5. The minimum absolute atomic E-state index is 0.267. The molecule has 0 aliphatic heterocycles. The van der Waals surface area contributed by atoms with E-state index in [1.165, 1.54) is 0 Å². The van der Waals surface area contributed by atoms with Gasteiger partial charge in [-0.3, -0.25) is 9.59 Å². The lowest BCUT2D eigenvalue weighted by Gasteiger charge is -1.96. The van der Waals surface area contributed by atoms with E-state index in [2.05, 4.69) is 4.74 Å². The molecule has 0 unspecified atom stereocenters. The molecule has 0 radical (unpaired) electrons. The third-order valence-corrected chi connectivity index (χ3v) is 0.647. The summed E-state index contributed by atoms with van der Waals surface area (Å²) in [5, 5.41) is 0. The number of carbonyl (C=O) groups is 2. The molecule has 0 rings (SSSR count). The molecule has 0 aromatic carbocycles. The van der Waals surface area contributed by atoms with Gasteiger partial charge in [-0.05, 0) is 13.8 Å². The molecule has 0 aliphatic rings.